The Kier molecular flexibility index (Phi) is 11.2. The molecular weight excluding hydrogens is 395 g/mol. The molecule has 7 heteroatoms. The third-order valence-corrected chi connectivity index (χ3v) is 2.72. The molecule has 0 heterocycles. The van der Waals surface area contributed by atoms with E-state index >= 15 is 0 Å². The van der Waals surface area contributed by atoms with Crippen LogP contribution in [0.15, 0.2) is 29.3 Å². The Balaban J connectivity index is 0.00000441. The van der Waals surface area contributed by atoms with Crippen molar-refractivity contribution in [2.75, 3.05) is 26.7 Å². The summed E-state index contributed by atoms with van der Waals surface area (Å²) in [6.45, 7) is 6.08. The molecule has 1 aromatic carbocycles. The van der Waals surface area contributed by atoms with E-state index in [1.54, 1.807) is 7.11 Å². The zero-order chi connectivity index (χ0) is 15.5. The predicted octanol–water partition coefficient (Wildman–Crippen LogP) is 1.50. The highest BCUT2D eigenvalue weighted by molar-refractivity contribution is 14.0. The molecule has 0 fully saturated rings. The normalized spacial score (nSPS) is 9.23. The monoisotopic (exact) mass is 420 g/mol. The van der Waals surface area contributed by atoms with Crippen molar-refractivity contribution in [3.8, 4) is 5.75 Å². The predicted molar refractivity (Wildman–Crippen MR) is 99.9 cm³/mol. The lowest BCUT2D eigenvalue weighted by atomic mass is 10.2. The molecule has 0 spiro atoms. The smallest absolute Gasteiger partial charge is 0.242 e. The van der Waals surface area contributed by atoms with Gasteiger partial charge in [0.1, 0.15) is 12.3 Å². The second-order valence-electron chi connectivity index (χ2n) is 4.35. The number of rotatable bonds is 7. The lowest BCUT2D eigenvalue weighted by molar-refractivity contribution is -0.119. The van der Waals surface area contributed by atoms with E-state index in [4.69, 9.17) is 4.74 Å². The number of hydrogen-bond acceptors (Lipinski definition) is 3. The van der Waals surface area contributed by atoms with Gasteiger partial charge < -0.3 is 20.7 Å². The first-order valence-electron chi connectivity index (χ1n) is 7.11. The Hall–Kier alpha value is -1.51. The molecule has 124 valence electrons. The summed E-state index contributed by atoms with van der Waals surface area (Å²) >= 11 is 0. The highest BCUT2D eigenvalue weighted by atomic mass is 127. The summed E-state index contributed by atoms with van der Waals surface area (Å²) in [4.78, 5) is 16.0. The average Bonchev–Trinajstić information content (AvgIpc) is 2.51. The molecular formula is C15H25IN4O2. The van der Waals surface area contributed by atoms with Gasteiger partial charge in [0.2, 0.25) is 5.91 Å². The Labute approximate surface area is 149 Å². The Morgan fingerprint density at radius 3 is 2.18 bits per heavy atom. The fraction of sp³-hybridized carbons (Fsp3) is 0.467. The van der Waals surface area contributed by atoms with Crippen LogP contribution in [0.1, 0.15) is 19.4 Å². The Bertz CT molecular complexity index is 455. The van der Waals surface area contributed by atoms with Crippen molar-refractivity contribution in [3.63, 3.8) is 0 Å². The summed E-state index contributed by atoms with van der Waals surface area (Å²) in [5.41, 5.74) is 1.02. The largest absolute Gasteiger partial charge is 0.497 e. The van der Waals surface area contributed by atoms with Gasteiger partial charge in [0.15, 0.2) is 5.96 Å². The van der Waals surface area contributed by atoms with E-state index < -0.39 is 0 Å². The van der Waals surface area contributed by atoms with E-state index in [-0.39, 0.29) is 36.4 Å². The van der Waals surface area contributed by atoms with Gasteiger partial charge in [0, 0.05) is 19.6 Å². The van der Waals surface area contributed by atoms with Crippen LogP contribution in [0.4, 0.5) is 0 Å². The van der Waals surface area contributed by atoms with Crippen molar-refractivity contribution < 1.29 is 9.53 Å². The number of halogens is 1. The van der Waals surface area contributed by atoms with Gasteiger partial charge in [-0.3, -0.25) is 4.79 Å². The number of carbonyl (C=O) groups is 1. The van der Waals surface area contributed by atoms with E-state index in [1.165, 1.54) is 0 Å². The number of ether oxygens (including phenoxy) is 1. The number of amides is 1. The van der Waals surface area contributed by atoms with Crippen molar-refractivity contribution in [2.24, 2.45) is 4.99 Å². The van der Waals surface area contributed by atoms with Crippen LogP contribution in [0.25, 0.3) is 0 Å². The summed E-state index contributed by atoms with van der Waals surface area (Å²) in [5, 5.41) is 8.97. The first-order chi connectivity index (χ1) is 10.2. The summed E-state index contributed by atoms with van der Waals surface area (Å²) in [5.74, 6) is 1.34. The SMILES string of the molecule is CCNC(=NCC(=O)NCc1ccc(OC)cc1)NCC.I. The van der Waals surface area contributed by atoms with Gasteiger partial charge in [0.05, 0.1) is 7.11 Å². The summed E-state index contributed by atoms with van der Waals surface area (Å²) in [6, 6.07) is 7.58. The molecule has 0 aromatic heterocycles. The third kappa shape index (κ3) is 8.06. The number of carbonyl (C=O) groups excluding carboxylic acids is 1. The van der Waals surface area contributed by atoms with Crippen molar-refractivity contribution in [1.29, 1.82) is 0 Å². The molecule has 0 aliphatic carbocycles. The van der Waals surface area contributed by atoms with E-state index in [0.717, 1.165) is 24.4 Å². The maximum atomic E-state index is 11.8. The first kappa shape index (κ1) is 20.5. The molecule has 0 unspecified atom stereocenters. The van der Waals surface area contributed by atoms with Crippen LogP contribution in [0.5, 0.6) is 5.75 Å². The molecule has 0 bridgehead atoms. The van der Waals surface area contributed by atoms with E-state index in [1.807, 2.05) is 38.1 Å². The van der Waals surface area contributed by atoms with E-state index in [0.29, 0.717) is 12.5 Å². The molecule has 6 nitrogen and oxygen atoms in total. The molecule has 0 aliphatic heterocycles. The molecule has 1 amide bonds. The maximum absolute atomic E-state index is 11.8. The summed E-state index contributed by atoms with van der Waals surface area (Å²) < 4.78 is 5.09. The molecule has 0 saturated carbocycles. The lowest BCUT2D eigenvalue weighted by Gasteiger charge is -2.09. The van der Waals surface area contributed by atoms with Gasteiger partial charge >= 0.3 is 0 Å². The highest BCUT2D eigenvalue weighted by Gasteiger charge is 2.02. The highest BCUT2D eigenvalue weighted by Crippen LogP contribution is 2.10. The van der Waals surface area contributed by atoms with Crippen LogP contribution >= 0.6 is 24.0 Å². The molecule has 0 radical (unpaired) electrons. The molecule has 0 saturated heterocycles. The zero-order valence-electron chi connectivity index (χ0n) is 13.3. The molecule has 22 heavy (non-hydrogen) atoms. The fourth-order valence-corrected chi connectivity index (χ4v) is 1.66. The Morgan fingerprint density at radius 1 is 1.09 bits per heavy atom. The van der Waals surface area contributed by atoms with Crippen molar-refractivity contribution in [2.45, 2.75) is 20.4 Å². The number of nitrogens with zero attached hydrogens (tertiary/aromatic N) is 1. The van der Waals surface area contributed by atoms with Gasteiger partial charge in [-0.05, 0) is 31.5 Å². The molecule has 3 N–H and O–H groups in total. The molecule has 1 aromatic rings. The van der Waals surface area contributed by atoms with Gasteiger partial charge in [-0.15, -0.1) is 24.0 Å². The lowest BCUT2D eigenvalue weighted by Crippen LogP contribution is -2.38. The number of methoxy groups -OCH3 is 1. The second-order valence-corrected chi connectivity index (χ2v) is 4.35. The minimum atomic E-state index is -0.112. The number of benzene rings is 1. The molecule has 0 atom stereocenters. The van der Waals surface area contributed by atoms with Crippen LogP contribution in [-0.4, -0.2) is 38.6 Å². The molecule has 0 aliphatic rings. The van der Waals surface area contributed by atoms with Crippen LogP contribution in [0, 0.1) is 0 Å². The van der Waals surface area contributed by atoms with E-state index in [9.17, 15) is 4.79 Å². The van der Waals surface area contributed by atoms with Crippen molar-refractivity contribution >= 4 is 35.8 Å². The van der Waals surface area contributed by atoms with Crippen LogP contribution in [0.2, 0.25) is 0 Å². The van der Waals surface area contributed by atoms with Crippen LogP contribution in [0.3, 0.4) is 0 Å². The number of aliphatic imine (C=N–C) groups is 1. The van der Waals surface area contributed by atoms with Crippen molar-refractivity contribution in [3.05, 3.63) is 29.8 Å². The average molecular weight is 420 g/mol. The van der Waals surface area contributed by atoms with E-state index in [2.05, 4.69) is 20.9 Å². The van der Waals surface area contributed by atoms with Gasteiger partial charge in [-0.2, -0.15) is 0 Å². The van der Waals surface area contributed by atoms with Crippen molar-refractivity contribution in [1.82, 2.24) is 16.0 Å². The van der Waals surface area contributed by atoms with Crippen LogP contribution < -0.4 is 20.7 Å². The topological polar surface area (TPSA) is 74.8 Å². The quantitative estimate of drug-likeness (QED) is 0.355. The fourth-order valence-electron chi connectivity index (χ4n) is 1.66. The second kappa shape index (κ2) is 12.1. The van der Waals surface area contributed by atoms with Crippen LogP contribution in [-0.2, 0) is 11.3 Å². The van der Waals surface area contributed by atoms with Gasteiger partial charge in [0.25, 0.3) is 0 Å². The number of nitrogens with one attached hydrogen (secondary N) is 3. The minimum absolute atomic E-state index is 0. The number of guanidine groups is 1. The van der Waals surface area contributed by atoms with Gasteiger partial charge in [-0.1, -0.05) is 12.1 Å². The zero-order valence-corrected chi connectivity index (χ0v) is 15.6. The molecule has 1 rings (SSSR count). The minimum Gasteiger partial charge on any atom is -0.497 e. The summed E-state index contributed by atoms with van der Waals surface area (Å²) in [7, 11) is 1.63. The number of hydrogen-bond donors (Lipinski definition) is 3. The first-order valence-corrected chi connectivity index (χ1v) is 7.11. The van der Waals surface area contributed by atoms with Gasteiger partial charge in [-0.25, -0.2) is 4.99 Å². The maximum Gasteiger partial charge on any atom is 0.242 e. The Morgan fingerprint density at radius 2 is 1.68 bits per heavy atom. The summed E-state index contributed by atoms with van der Waals surface area (Å²) in [6.07, 6.45) is 0. The standard InChI is InChI=1S/C15H24N4O2.HI/c1-4-16-15(17-5-2)19-11-14(20)18-10-12-6-8-13(21-3)9-7-12;/h6-9H,4-5,10-11H2,1-3H3,(H,18,20)(H2,16,17,19);1H. The third-order valence-electron chi connectivity index (χ3n) is 2.72.